The number of rotatable bonds is 7. The van der Waals surface area contributed by atoms with Crippen molar-refractivity contribution in [3.8, 4) is 0 Å². The Bertz CT molecular complexity index is 621. The van der Waals surface area contributed by atoms with Crippen molar-refractivity contribution < 1.29 is 22.7 Å². The van der Waals surface area contributed by atoms with Crippen LogP contribution in [0.3, 0.4) is 0 Å². The predicted octanol–water partition coefficient (Wildman–Crippen LogP) is -0.282. The van der Waals surface area contributed by atoms with Crippen LogP contribution in [-0.4, -0.2) is 47.5 Å². The molecule has 0 fully saturated rings. The third-order valence-corrected chi connectivity index (χ3v) is 3.80. The molecule has 0 unspecified atom stereocenters. The fourth-order valence-electron chi connectivity index (χ4n) is 1.42. The van der Waals surface area contributed by atoms with E-state index in [9.17, 15) is 18.0 Å². The van der Waals surface area contributed by atoms with Crippen molar-refractivity contribution in [2.24, 2.45) is 0 Å². The van der Waals surface area contributed by atoms with Crippen molar-refractivity contribution in [1.29, 1.82) is 0 Å². The smallest absolute Gasteiger partial charge is 0.320 e. The van der Waals surface area contributed by atoms with E-state index < -0.39 is 22.5 Å². The van der Waals surface area contributed by atoms with E-state index in [1.165, 1.54) is 18.2 Å². The number of nitrogens with one attached hydrogen (secondary N) is 3. The molecule has 1 aromatic rings. The number of amides is 1. The first kappa shape index (κ1) is 20.3. The molecule has 1 rings (SSSR count). The Morgan fingerprint density at radius 1 is 1.23 bits per heavy atom. The van der Waals surface area contributed by atoms with Gasteiger partial charge in [0.05, 0.1) is 18.6 Å². The standard InChI is InChI=1S/C12H17N3O5S.ClH/c1-13-7-11(16)15-9-4-3-5-10(6-9)21(18,19)14-8-12(17)20-2;/h3-6,13-14H,7-8H2,1-2H3,(H,15,16);1H. The molecule has 22 heavy (non-hydrogen) atoms. The van der Waals surface area contributed by atoms with Crippen LogP contribution >= 0.6 is 12.4 Å². The highest BCUT2D eigenvalue weighted by Gasteiger charge is 2.16. The average molecular weight is 352 g/mol. The molecule has 10 heteroatoms. The fraction of sp³-hybridized carbons (Fsp3) is 0.333. The Balaban J connectivity index is 0.00000441. The SMILES string of the molecule is CNCC(=O)Nc1cccc(S(=O)(=O)NCC(=O)OC)c1.Cl. The van der Waals surface area contributed by atoms with E-state index in [0.717, 1.165) is 7.11 Å². The van der Waals surface area contributed by atoms with Gasteiger partial charge in [0, 0.05) is 5.69 Å². The summed E-state index contributed by atoms with van der Waals surface area (Å²) in [5, 5.41) is 5.22. The van der Waals surface area contributed by atoms with Crippen molar-refractivity contribution >= 4 is 40.0 Å². The maximum atomic E-state index is 12.0. The normalized spacial score (nSPS) is 10.5. The first-order valence-corrected chi connectivity index (χ1v) is 7.48. The van der Waals surface area contributed by atoms with E-state index in [2.05, 4.69) is 20.1 Å². The topological polar surface area (TPSA) is 114 Å². The van der Waals surface area contributed by atoms with Gasteiger partial charge in [-0.2, -0.15) is 4.72 Å². The number of hydrogen-bond donors (Lipinski definition) is 3. The number of carbonyl (C=O) groups excluding carboxylic acids is 2. The van der Waals surface area contributed by atoms with Gasteiger partial charge in [-0.05, 0) is 25.2 Å². The largest absolute Gasteiger partial charge is 0.468 e. The lowest BCUT2D eigenvalue weighted by Crippen LogP contribution is -2.30. The zero-order valence-corrected chi connectivity index (χ0v) is 13.7. The number of anilines is 1. The number of likely N-dealkylation sites (N-methyl/N-ethyl adjacent to an activating group) is 1. The van der Waals surface area contributed by atoms with Crippen molar-refractivity contribution in [3.63, 3.8) is 0 Å². The third-order valence-electron chi connectivity index (χ3n) is 2.40. The number of benzene rings is 1. The zero-order chi connectivity index (χ0) is 15.9. The number of carbonyl (C=O) groups is 2. The van der Waals surface area contributed by atoms with Crippen LogP contribution in [0.15, 0.2) is 29.2 Å². The maximum absolute atomic E-state index is 12.0. The Morgan fingerprint density at radius 2 is 1.91 bits per heavy atom. The van der Waals surface area contributed by atoms with E-state index in [1.807, 2.05) is 0 Å². The van der Waals surface area contributed by atoms with Gasteiger partial charge in [0.2, 0.25) is 15.9 Å². The number of hydrogen-bond acceptors (Lipinski definition) is 6. The molecule has 0 aromatic heterocycles. The monoisotopic (exact) mass is 351 g/mol. The lowest BCUT2D eigenvalue weighted by molar-refractivity contribution is -0.139. The van der Waals surface area contributed by atoms with Crippen LogP contribution in [0.4, 0.5) is 5.69 Å². The van der Waals surface area contributed by atoms with Crippen LogP contribution in [0.2, 0.25) is 0 Å². The molecular weight excluding hydrogens is 334 g/mol. The molecule has 1 aromatic carbocycles. The minimum absolute atomic E-state index is 0. The van der Waals surface area contributed by atoms with Crippen LogP contribution in [0.1, 0.15) is 0 Å². The second-order valence-electron chi connectivity index (χ2n) is 4.01. The van der Waals surface area contributed by atoms with E-state index in [1.54, 1.807) is 13.1 Å². The van der Waals surface area contributed by atoms with Crippen LogP contribution in [0.5, 0.6) is 0 Å². The highest BCUT2D eigenvalue weighted by Crippen LogP contribution is 2.15. The number of ether oxygens (including phenoxy) is 1. The minimum atomic E-state index is -3.85. The lowest BCUT2D eigenvalue weighted by atomic mass is 10.3. The van der Waals surface area contributed by atoms with Crippen LogP contribution in [0.25, 0.3) is 0 Å². The maximum Gasteiger partial charge on any atom is 0.320 e. The van der Waals surface area contributed by atoms with Gasteiger partial charge in [-0.3, -0.25) is 9.59 Å². The van der Waals surface area contributed by atoms with Crippen molar-refractivity contribution in [3.05, 3.63) is 24.3 Å². The first-order chi connectivity index (χ1) is 9.89. The van der Waals surface area contributed by atoms with Gasteiger partial charge < -0.3 is 15.4 Å². The summed E-state index contributed by atoms with van der Waals surface area (Å²) < 4.78 is 30.4. The van der Waals surface area contributed by atoms with Gasteiger partial charge in [-0.25, -0.2) is 8.42 Å². The molecule has 8 nitrogen and oxygen atoms in total. The molecule has 1 amide bonds. The summed E-state index contributed by atoms with van der Waals surface area (Å²) in [6, 6.07) is 5.70. The molecule has 3 N–H and O–H groups in total. The third kappa shape index (κ3) is 6.39. The van der Waals surface area contributed by atoms with Crippen LogP contribution in [0, 0.1) is 0 Å². The number of halogens is 1. The summed E-state index contributed by atoms with van der Waals surface area (Å²) in [6.45, 7) is -0.354. The van der Waals surface area contributed by atoms with Gasteiger partial charge in [-0.15, -0.1) is 12.4 Å². The molecule has 0 radical (unpaired) electrons. The second-order valence-corrected chi connectivity index (χ2v) is 5.77. The average Bonchev–Trinajstić information content (AvgIpc) is 2.45. The van der Waals surface area contributed by atoms with Gasteiger partial charge in [0.25, 0.3) is 0 Å². The van der Waals surface area contributed by atoms with E-state index in [0.29, 0.717) is 5.69 Å². The summed E-state index contributed by atoms with van der Waals surface area (Å²) in [6.07, 6.45) is 0. The molecular formula is C12H18ClN3O5S. The molecule has 0 spiro atoms. The van der Waals surface area contributed by atoms with E-state index in [4.69, 9.17) is 0 Å². The Labute approximate surface area is 135 Å². The molecule has 0 heterocycles. The zero-order valence-electron chi connectivity index (χ0n) is 12.1. The van der Waals surface area contributed by atoms with E-state index in [-0.39, 0.29) is 29.8 Å². The number of sulfonamides is 1. The summed E-state index contributed by atoms with van der Waals surface area (Å²) in [5.74, 6) is -0.994. The predicted molar refractivity (Wildman–Crippen MR) is 83.5 cm³/mol. The molecule has 0 aliphatic carbocycles. The van der Waals surface area contributed by atoms with Crippen molar-refractivity contribution in [2.75, 3.05) is 32.6 Å². The fourth-order valence-corrected chi connectivity index (χ4v) is 2.43. The highest BCUT2D eigenvalue weighted by molar-refractivity contribution is 7.89. The quantitative estimate of drug-likeness (QED) is 0.582. The molecule has 0 saturated heterocycles. The molecule has 0 atom stereocenters. The van der Waals surface area contributed by atoms with Crippen LogP contribution in [-0.2, 0) is 24.3 Å². The minimum Gasteiger partial charge on any atom is -0.468 e. The Morgan fingerprint density at radius 3 is 2.50 bits per heavy atom. The lowest BCUT2D eigenvalue weighted by Gasteiger charge is -2.09. The van der Waals surface area contributed by atoms with Gasteiger partial charge in [0.1, 0.15) is 6.54 Å². The summed E-state index contributed by atoms with van der Waals surface area (Å²) >= 11 is 0. The Kier molecular flexibility index (Phi) is 8.65. The Hall–Kier alpha value is -1.68. The summed E-state index contributed by atoms with van der Waals surface area (Å²) in [7, 11) is -1.07. The highest BCUT2D eigenvalue weighted by atomic mass is 35.5. The second kappa shape index (κ2) is 9.36. The molecule has 0 saturated carbocycles. The first-order valence-electron chi connectivity index (χ1n) is 6.00. The summed E-state index contributed by atoms with van der Waals surface area (Å²) in [4.78, 5) is 22.3. The number of methoxy groups -OCH3 is 1. The molecule has 0 bridgehead atoms. The van der Waals surface area contributed by atoms with Crippen molar-refractivity contribution in [1.82, 2.24) is 10.0 Å². The van der Waals surface area contributed by atoms with Crippen molar-refractivity contribution in [2.45, 2.75) is 4.90 Å². The molecule has 0 aliphatic heterocycles. The van der Waals surface area contributed by atoms with E-state index >= 15 is 0 Å². The molecule has 124 valence electrons. The van der Waals surface area contributed by atoms with Crippen LogP contribution < -0.4 is 15.4 Å². The van der Waals surface area contributed by atoms with Gasteiger partial charge >= 0.3 is 5.97 Å². The van der Waals surface area contributed by atoms with Gasteiger partial charge in [-0.1, -0.05) is 6.07 Å². The molecule has 0 aliphatic rings. The number of esters is 1. The van der Waals surface area contributed by atoms with Gasteiger partial charge in [0.15, 0.2) is 0 Å². The summed E-state index contributed by atoms with van der Waals surface area (Å²) in [5.41, 5.74) is 0.344.